The van der Waals surface area contributed by atoms with Crippen LogP contribution in [0.2, 0.25) is 0 Å². The Hall–Kier alpha value is -1.51. The van der Waals surface area contributed by atoms with Crippen molar-refractivity contribution in [2.75, 3.05) is 0 Å². The predicted octanol–water partition coefficient (Wildman–Crippen LogP) is 2.71. The lowest BCUT2D eigenvalue weighted by Crippen LogP contribution is -2.16. The summed E-state index contributed by atoms with van der Waals surface area (Å²) in [6, 6.07) is 9.48. The van der Waals surface area contributed by atoms with E-state index in [-0.39, 0.29) is 12.5 Å². The van der Waals surface area contributed by atoms with Crippen molar-refractivity contribution < 1.29 is 14.6 Å². The monoisotopic (exact) mass is 208 g/mol. The molecule has 1 N–H and O–H groups in total. The average molecular weight is 208 g/mol. The Morgan fingerprint density at radius 3 is 2.60 bits per heavy atom. The Morgan fingerprint density at radius 1 is 1.40 bits per heavy atom. The summed E-state index contributed by atoms with van der Waals surface area (Å²) in [5.74, 6) is 0.0276. The van der Waals surface area contributed by atoms with Gasteiger partial charge in [-0.05, 0) is 25.0 Å². The molecule has 0 bridgehead atoms. The molecule has 0 aromatic heterocycles. The van der Waals surface area contributed by atoms with Gasteiger partial charge in [-0.15, -0.1) is 0 Å². The molecule has 0 aliphatic rings. The van der Waals surface area contributed by atoms with Crippen molar-refractivity contribution in [3.63, 3.8) is 0 Å². The third-order valence-electron chi connectivity index (χ3n) is 2.18. The lowest BCUT2D eigenvalue weighted by Gasteiger charge is -2.16. The Bertz CT molecular complexity index is 295. The van der Waals surface area contributed by atoms with Crippen LogP contribution in [0.5, 0.6) is 5.75 Å². The number of benzene rings is 1. The number of para-hydroxylation sites is 1. The molecular weight excluding hydrogens is 192 g/mol. The van der Waals surface area contributed by atoms with Crippen molar-refractivity contribution in [2.45, 2.75) is 32.3 Å². The standard InChI is InChI=1S/C12H16O3/c1-2-10(8-9-12(13)14)15-11-6-4-3-5-7-11/h3-7,10H,2,8-9H2,1H3,(H,13,14). The van der Waals surface area contributed by atoms with Gasteiger partial charge >= 0.3 is 5.97 Å². The average Bonchev–Trinajstić information content (AvgIpc) is 2.25. The van der Waals surface area contributed by atoms with E-state index in [0.717, 1.165) is 12.2 Å². The zero-order valence-corrected chi connectivity index (χ0v) is 8.85. The summed E-state index contributed by atoms with van der Waals surface area (Å²) in [6.07, 6.45) is 1.53. The maximum Gasteiger partial charge on any atom is 0.303 e. The van der Waals surface area contributed by atoms with Crippen molar-refractivity contribution in [1.29, 1.82) is 0 Å². The van der Waals surface area contributed by atoms with Gasteiger partial charge in [0.25, 0.3) is 0 Å². The van der Waals surface area contributed by atoms with Crippen LogP contribution in [0.25, 0.3) is 0 Å². The number of carboxylic acid groups (broad SMARTS) is 1. The predicted molar refractivity (Wildman–Crippen MR) is 58.0 cm³/mol. The van der Waals surface area contributed by atoms with Gasteiger partial charge in [0, 0.05) is 6.42 Å². The summed E-state index contributed by atoms with van der Waals surface area (Å²) in [6.45, 7) is 2.00. The summed E-state index contributed by atoms with van der Waals surface area (Å²) in [5, 5.41) is 8.57. The highest BCUT2D eigenvalue weighted by atomic mass is 16.5. The van der Waals surface area contributed by atoms with Crippen LogP contribution in [-0.2, 0) is 4.79 Å². The van der Waals surface area contributed by atoms with Crippen LogP contribution in [0.15, 0.2) is 30.3 Å². The number of ether oxygens (including phenoxy) is 1. The van der Waals surface area contributed by atoms with Crippen LogP contribution in [-0.4, -0.2) is 17.2 Å². The third kappa shape index (κ3) is 4.49. The van der Waals surface area contributed by atoms with E-state index in [1.54, 1.807) is 0 Å². The molecule has 1 atom stereocenters. The second kappa shape index (κ2) is 6.06. The molecule has 0 spiro atoms. The van der Waals surface area contributed by atoms with E-state index in [2.05, 4.69) is 0 Å². The third-order valence-corrected chi connectivity index (χ3v) is 2.18. The maximum atomic E-state index is 10.4. The lowest BCUT2D eigenvalue weighted by molar-refractivity contribution is -0.137. The molecule has 0 heterocycles. The fourth-order valence-electron chi connectivity index (χ4n) is 1.32. The number of aliphatic carboxylic acids is 1. The van der Waals surface area contributed by atoms with Crippen molar-refractivity contribution in [2.24, 2.45) is 0 Å². The van der Waals surface area contributed by atoms with E-state index in [1.165, 1.54) is 0 Å². The zero-order chi connectivity index (χ0) is 11.1. The van der Waals surface area contributed by atoms with Gasteiger partial charge in [-0.3, -0.25) is 4.79 Å². The number of carbonyl (C=O) groups is 1. The zero-order valence-electron chi connectivity index (χ0n) is 8.85. The van der Waals surface area contributed by atoms with E-state index in [1.807, 2.05) is 37.3 Å². The Labute approximate surface area is 89.7 Å². The maximum absolute atomic E-state index is 10.4. The highest BCUT2D eigenvalue weighted by Crippen LogP contribution is 2.15. The molecular formula is C12H16O3. The smallest absolute Gasteiger partial charge is 0.303 e. The van der Waals surface area contributed by atoms with Gasteiger partial charge in [0.05, 0.1) is 6.10 Å². The normalized spacial score (nSPS) is 12.1. The van der Waals surface area contributed by atoms with E-state index in [9.17, 15) is 4.79 Å². The number of hydrogen-bond acceptors (Lipinski definition) is 2. The van der Waals surface area contributed by atoms with Crippen molar-refractivity contribution in [3.05, 3.63) is 30.3 Å². The lowest BCUT2D eigenvalue weighted by atomic mass is 10.1. The first-order valence-corrected chi connectivity index (χ1v) is 5.16. The molecule has 1 aromatic rings. The van der Waals surface area contributed by atoms with E-state index in [0.29, 0.717) is 6.42 Å². The molecule has 3 nitrogen and oxygen atoms in total. The SMILES string of the molecule is CCC(CCC(=O)O)Oc1ccccc1. The van der Waals surface area contributed by atoms with Gasteiger partial charge in [0.1, 0.15) is 5.75 Å². The topological polar surface area (TPSA) is 46.5 Å². The number of hydrogen-bond donors (Lipinski definition) is 1. The molecule has 0 amide bonds. The molecule has 0 aliphatic heterocycles. The molecule has 3 heteroatoms. The summed E-state index contributed by atoms with van der Waals surface area (Å²) in [4.78, 5) is 10.4. The molecule has 1 unspecified atom stereocenters. The van der Waals surface area contributed by atoms with E-state index in [4.69, 9.17) is 9.84 Å². The van der Waals surface area contributed by atoms with Gasteiger partial charge in [0.15, 0.2) is 0 Å². The highest BCUT2D eigenvalue weighted by molar-refractivity contribution is 5.66. The molecule has 0 saturated carbocycles. The first kappa shape index (κ1) is 11.6. The van der Waals surface area contributed by atoms with Crippen LogP contribution >= 0.6 is 0 Å². The van der Waals surface area contributed by atoms with Crippen LogP contribution in [0.1, 0.15) is 26.2 Å². The van der Waals surface area contributed by atoms with Gasteiger partial charge in [0.2, 0.25) is 0 Å². The summed E-state index contributed by atoms with van der Waals surface area (Å²) in [5.41, 5.74) is 0. The van der Waals surface area contributed by atoms with Crippen molar-refractivity contribution in [3.8, 4) is 5.75 Å². The van der Waals surface area contributed by atoms with Gasteiger partial charge < -0.3 is 9.84 Å². The summed E-state index contributed by atoms with van der Waals surface area (Å²) >= 11 is 0. The first-order chi connectivity index (χ1) is 7.22. The summed E-state index contributed by atoms with van der Waals surface area (Å²) < 4.78 is 5.65. The Kier molecular flexibility index (Phi) is 4.68. The minimum absolute atomic E-state index is 0.0106. The quantitative estimate of drug-likeness (QED) is 0.781. The minimum Gasteiger partial charge on any atom is -0.490 e. The van der Waals surface area contributed by atoms with Gasteiger partial charge in [-0.1, -0.05) is 25.1 Å². The largest absolute Gasteiger partial charge is 0.490 e. The molecule has 0 saturated heterocycles. The number of carboxylic acids is 1. The fourth-order valence-corrected chi connectivity index (χ4v) is 1.32. The highest BCUT2D eigenvalue weighted by Gasteiger charge is 2.09. The Morgan fingerprint density at radius 2 is 2.07 bits per heavy atom. The van der Waals surface area contributed by atoms with Crippen LogP contribution in [0, 0.1) is 0 Å². The van der Waals surface area contributed by atoms with Crippen molar-refractivity contribution in [1.82, 2.24) is 0 Å². The van der Waals surface area contributed by atoms with Crippen LogP contribution in [0.4, 0.5) is 0 Å². The molecule has 15 heavy (non-hydrogen) atoms. The van der Waals surface area contributed by atoms with E-state index < -0.39 is 5.97 Å². The molecule has 1 aromatic carbocycles. The van der Waals surface area contributed by atoms with Crippen LogP contribution in [0.3, 0.4) is 0 Å². The fraction of sp³-hybridized carbons (Fsp3) is 0.417. The van der Waals surface area contributed by atoms with Gasteiger partial charge in [-0.2, -0.15) is 0 Å². The summed E-state index contributed by atoms with van der Waals surface area (Å²) in [7, 11) is 0. The van der Waals surface area contributed by atoms with Crippen molar-refractivity contribution >= 4 is 5.97 Å². The molecule has 0 aliphatic carbocycles. The Balaban J connectivity index is 2.43. The molecule has 0 fully saturated rings. The molecule has 0 radical (unpaired) electrons. The minimum atomic E-state index is -0.773. The second-order valence-electron chi connectivity index (χ2n) is 3.39. The molecule has 1 rings (SSSR count). The molecule has 82 valence electrons. The van der Waals surface area contributed by atoms with Gasteiger partial charge in [-0.25, -0.2) is 0 Å². The first-order valence-electron chi connectivity index (χ1n) is 5.16. The second-order valence-corrected chi connectivity index (χ2v) is 3.39. The van der Waals surface area contributed by atoms with Crippen LogP contribution < -0.4 is 4.74 Å². The van der Waals surface area contributed by atoms with E-state index >= 15 is 0 Å². The number of rotatable bonds is 6.